The van der Waals surface area contributed by atoms with E-state index in [4.69, 9.17) is 22.9 Å². The standard InChI is InChI=1S/C29H36ClN7O2/c1-31-26-7-6-24(14-25(26)30)39-23-4-2-21(3-5-23)35-29(38)27-17-34-28(18-33-27)37-10-8-36(9-11-37)22-12-19-15-32-16-20(19)13-22/h6-7,14,17-23,32H,2-5,8-13,15-16H2,(H,35,38)/t19-,20+,21?,22?,23?. The number of ether oxygens (including phenoxy) is 1. The fraction of sp³-hybridized carbons (Fsp3) is 0.586. The lowest BCUT2D eigenvalue weighted by molar-refractivity contribution is 0.0888. The van der Waals surface area contributed by atoms with E-state index in [0.29, 0.717) is 22.2 Å². The van der Waals surface area contributed by atoms with Crippen LogP contribution in [0.1, 0.15) is 49.0 Å². The van der Waals surface area contributed by atoms with Crippen LogP contribution in [-0.2, 0) is 0 Å². The van der Waals surface area contributed by atoms with Crippen molar-refractivity contribution in [3.8, 4) is 5.75 Å². The predicted octanol–water partition coefficient (Wildman–Crippen LogP) is 3.92. The first-order valence-corrected chi connectivity index (χ1v) is 14.6. The summed E-state index contributed by atoms with van der Waals surface area (Å²) < 4.78 is 6.06. The number of aromatic nitrogens is 2. The van der Waals surface area contributed by atoms with Crippen molar-refractivity contribution in [2.24, 2.45) is 11.8 Å². The Balaban J connectivity index is 0.939. The molecule has 9 nitrogen and oxygen atoms in total. The molecule has 0 radical (unpaired) electrons. The number of carbonyl (C=O) groups excluding carboxylic acids is 1. The minimum absolute atomic E-state index is 0.0675. The van der Waals surface area contributed by atoms with Gasteiger partial charge in [0.05, 0.1) is 30.1 Å². The molecule has 2 N–H and O–H groups in total. The smallest absolute Gasteiger partial charge is 0.271 e. The molecule has 3 heterocycles. The number of rotatable bonds is 6. The highest BCUT2D eigenvalue weighted by molar-refractivity contribution is 6.33. The molecule has 39 heavy (non-hydrogen) atoms. The molecule has 3 atom stereocenters. The van der Waals surface area contributed by atoms with E-state index in [1.807, 2.05) is 0 Å². The van der Waals surface area contributed by atoms with Crippen LogP contribution < -0.4 is 20.3 Å². The summed E-state index contributed by atoms with van der Waals surface area (Å²) in [6.45, 7) is 13.5. The van der Waals surface area contributed by atoms with Crippen LogP contribution in [0.25, 0.3) is 4.85 Å². The van der Waals surface area contributed by atoms with Crippen molar-refractivity contribution >= 4 is 29.0 Å². The maximum Gasteiger partial charge on any atom is 0.271 e. The molecule has 2 aromatic rings. The Morgan fingerprint density at radius 3 is 2.44 bits per heavy atom. The summed E-state index contributed by atoms with van der Waals surface area (Å²) >= 11 is 6.13. The van der Waals surface area contributed by atoms with E-state index in [2.05, 4.69) is 35.2 Å². The van der Waals surface area contributed by atoms with Crippen molar-refractivity contribution in [3.63, 3.8) is 0 Å². The van der Waals surface area contributed by atoms with Gasteiger partial charge >= 0.3 is 0 Å². The molecule has 206 valence electrons. The third-order valence-electron chi connectivity index (χ3n) is 9.01. The number of anilines is 1. The molecule has 4 aliphatic rings. The van der Waals surface area contributed by atoms with Gasteiger partial charge in [-0.3, -0.25) is 9.69 Å². The van der Waals surface area contributed by atoms with Gasteiger partial charge in [-0.2, -0.15) is 0 Å². The minimum atomic E-state index is -0.175. The quantitative estimate of drug-likeness (QED) is 0.528. The third kappa shape index (κ3) is 5.98. The summed E-state index contributed by atoms with van der Waals surface area (Å²) in [5, 5.41) is 7.06. The summed E-state index contributed by atoms with van der Waals surface area (Å²) in [6.07, 6.45) is 9.42. The van der Waals surface area contributed by atoms with E-state index in [9.17, 15) is 4.79 Å². The van der Waals surface area contributed by atoms with Gasteiger partial charge in [0, 0.05) is 38.3 Å². The third-order valence-corrected chi connectivity index (χ3v) is 9.31. The second kappa shape index (κ2) is 11.7. The van der Waals surface area contributed by atoms with Gasteiger partial charge in [0.1, 0.15) is 17.3 Å². The van der Waals surface area contributed by atoms with Crippen molar-refractivity contribution in [3.05, 3.63) is 52.7 Å². The molecule has 0 bridgehead atoms. The minimum Gasteiger partial charge on any atom is -0.490 e. The first-order chi connectivity index (χ1) is 19.1. The van der Waals surface area contributed by atoms with Crippen molar-refractivity contribution in [1.29, 1.82) is 0 Å². The number of piperazine rings is 1. The molecule has 6 rings (SSSR count). The van der Waals surface area contributed by atoms with Gasteiger partial charge in [-0.25, -0.2) is 14.8 Å². The zero-order chi connectivity index (χ0) is 26.8. The van der Waals surface area contributed by atoms with E-state index in [0.717, 1.165) is 75.6 Å². The summed E-state index contributed by atoms with van der Waals surface area (Å²) in [5.74, 6) is 3.09. The number of carbonyl (C=O) groups is 1. The highest BCUT2D eigenvalue weighted by Gasteiger charge is 2.40. The van der Waals surface area contributed by atoms with Gasteiger partial charge < -0.3 is 20.3 Å². The van der Waals surface area contributed by atoms with Gasteiger partial charge in [0.25, 0.3) is 5.91 Å². The van der Waals surface area contributed by atoms with Gasteiger partial charge in [-0.15, -0.1) is 0 Å². The zero-order valence-corrected chi connectivity index (χ0v) is 22.9. The normalized spacial score (nSPS) is 29.0. The number of halogens is 1. The molecule has 2 aliphatic carbocycles. The Kier molecular flexibility index (Phi) is 7.87. The van der Waals surface area contributed by atoms with Gasteiger partial charge in [0.15, 0.2) is 0 Å². The number of nitrogens with one attached hydrogen (secondary N) is 2. The van der Waals surface area contributed by atoms with Crippen LogP contribution >= 0.6 is 11.6 Å². The second-order valence-corrected chi connectivity index (χ2v) is 11.8. The van der Waals surface area contributed by atoms with Crippen LogP contribution in [0.2, 0.25) is 5.02 Å². The number of fused-ring (bicyclic) bond motifs is 1. The first kappa shape index (κ1) is 26.3. The Labute approximate surface area is 235 Å². The average Bonchev–Trinajstić information content (AvgIpc) is 3.58. The first-order valence-electron chi connectivity index (χ1n) is 14.2. The zero-order valence-electron chi connectivity index (χ0n) is 22.2. The van der Waals surface area contributed by atoms with Gasteiger partial charge in [-0.1, -0.05) is 17.7 Å². The monoisotopic (exact) mass is 549 g/mol. The van der Waals surface area contributed by atoms with Crippen LogP contribution in [-0.4, -0.2) is 78.2 Å². The predicted molar refractivity (Wildman–Crippen MR) is 151 cm³/mol. The molecule has 0 spiro atoms. The maximum atomic E-state index is 12.8. The van der Waals surface area contributed by atoms with Crippen LogP contribution in [0.5, 0.6) is 5.75 Å². The molecule has 1 unspecified atom stereocenters. The summed E-state index contributed by atoms with van der Waals surface area (Å²) in [6, 6.07) is 5.99. The lowest BCUT2D eigenvalue weighted by Crippen LogP contribution is -2.50. The van der Waals surface area contributed by atoms with E-state index >= 15 is 0 Å². The second-order valence-electron chi connectivity index (χ2n) is 11.4. The summed E-state index contributed by atoms with van der Waals surface area (Å²) in [7, 11) is 0. The lowest BCUT2D eigenvalue weighted by Gasteiger charge is -2.38. The van der Waals surface area contributed by atoms with Gasteiger partial charge in [-0.05, 0) is 75.6 Å². The van der Waals surface area contributed by atoms with Crippen LogP contribution in [0.3, 0.4) is 0 Å². The number of hydrogen-bond donors (Lipinski definition) is 2. The highest BCUT2D eigenvalue weighted by atomic mass is 35.5. The van der Waals surface area contributed by atoms with Crippen molar-refractivity contribution in [1.82, 2.24) is 25.5 Å². The number of amides is 1. The van der Waals surface area contributed by atoms with Crippen molar-refractivity contribution in [2.45, 2.75) is 56.7 Å². The number of nitrogens with zero attached hydrogens (tertiary/aromatic N) is 5. The molecular formula is C29H36ClN7O2. The van der Waals surface area contributed by atoms with E-state index in [1.54, 1.807) is 30.6 Å². The Morgan fingerprint density at radius 1 is 1.05 bits per heavy atom. The fourth-order valence-electron chi connectivity index (χ4n) is 6.78. The van der Waals surface area contributed by atoms with Gasteiger partial charge in [0.2, 0.25) is 5.69 Å². The fourth-order valence-corrected chi connectivity index (χ4v) is 6.99. The van der Waals surface area contributed by atoms with E-state index in [1.165, 1.54) is 25.9 Å². The molecule has 2 saturated carbocycles. The molecular weight excluding hydrogens is 514 g/mol. The van der Waals surface area contributed by atoms with Crippen molar-refractivity contribution < 1.29 is 9.53 Å². The topological polar surface area (TPSA) is 87.0 Å². The summed E-state index contributed by atoms with van der Waals surface area (Å²) in [5.41, 5.74) is 0.782. The van der Waals surface area contributed by atoms with E-state index in [-0.39, 0.29) is 18.1 Å². The molecule has 10 heteroatoms. The molecule has 1 aromatic carbocycles. The van der Waals surface area contributed by atoms with E-state index < -0.39 is 0 Å². The van der Waals surface area contributed by atoms with Crippen LogP contribution in [0.15, 0.2) is 30.6 Å². The summed E-state index contributed by atoms with van der Waals surface area (Å²) in [4.78, 5) is 30.2. The largest absolute Gasteiger partial charge is 0.490 e. The van der Waals surface area contributed by atoms with Crippen LogP contribution in [0.4, 0.5) is 11.5 Å². The number of hydrogen-bond acceptors (Lipinski definition) is 7. The lowest BCUT2D eigenvalue weighted by atomic mass is 9.93. The van der Waals surface area contributed by atoms with Crippen molar-refractivity contribution in [2.75, 3.05) is 44.2 Å². The Hall–Kier alpha value is -2.93. The SMILES string of the molecule is [C-]#[N+]c1ccc(OC2CCC(NC(=O)c3cnc(N4CCN(C5C[C@H]6CNC[C@H]6C5)CC4)cn3)CC2)cc1Cl. The average molecular weight is 550 g/mol. The number of benzene rings is 1. The Morgan fingerprint density at radius 2 is 1.79 bits per heavy atom. The Bertz CT molecular complexity index is 1190. The van der Waals surface area contributed by atoms with Crippen LogP contribution in [0, 0.1) is 18.4 Å². The molecule has 1 amide bonds. The molecule has 2 aliphatic heterocycles. The maximum absolute atomic E-state index is 12.8. The molecule has 2 saturated heterocycles. The molecule has 4 fully saturated rings. The highest BCUT2D eigenvalue weighted by Crippen LogP contribution is 2.37. The molecule has 1 aromatic heterocycles.